The van der Waals surface area contributed by atoms with Gasteiger partial charge >= 0.3 is 0 Å². The maximum Gasteiger partial charge on any atom is 0.266 e. The first-order valence-electron chi connectivity index (χ1n) is 4.29. The molecule has 0 spiro atoms. The quantitative estimate of drug-likeness (QED) is 0.827. The topological polar surface area (TPSA) is 38.0 Å². The molecule has 0 atom stereocenters. The predicted octanol–water partition coefficient (Wildman–Crippen LogP) is 2.52. The number of rotatable bonds is 2. The Hall–Kier alpha value is -1.91. The summed E-state index contributed by atoms with van der Waals surface area (Å²) >= 11 is 0. The van der Waals surface area contributed by atoms with Crippen LogP contribution in [0, 0.1) is 0 Å². The lowest BCUT2D eigenvalue weighted by atomic mass is 10.3. The zero-order chi connectivity index (χ0) is 10.8. The predicted molar refractivity (Wildman–Crippen MR) is 50.2 cm³/mol. The average Bonchev–Trinajstić information content (AvgIpc) is 2.67. The van der Waals surface area contributed by atoms with Gasteiger partial charge in [-0.2, -0.15) is 5.10 Å². The Kier molecular flexibility index (Phi) is 2.37. The Balaban J connectivity index is 2.42. The molecule has 0 saturated heterocycles. The number of halogens is 2. The normalized spacial score (nSPS) is 10.9. The van der Waals surface area contributed by atoms with Crippen LogP contribution in [0.15, 0.2) is 36.7 Å². The van der Waals surface area contributed by atoms with Crippen molar-refractivity contribution < 1.29 is 13.9 Å². The number of benzene rings is 1. The fraction of sp³-hybridized carbons (Fsp3) is 0.100. The summed E-state index contributed by atoms with van der Waals surface area (Å²) in [5, 5.41) is 13.2. The minimum absolute atomic E-state index is 0.00131. The Bertz CT molecular complexity index is 468. The van der Waals surface area contributed by atoms with Gasteiger partial charge < -0.3 is 5.11 Å². The molecule has 0 saturated carbocycles. The summed E-state index contributed by atoms with van der Waals surface area (Å²) in [6.45, 7) is 0. The van der Waals surface area contributed by atoms with Crippen molar-refractivity contribution in [1.29, 1.82) is 0 Å². The first-order chi connectivity index (χ1) is 7.18. The summed E-state index contributed by atoms with van der Waals surface area (Å²) in [4.78, 5) is 0. The molecule has 3 nitrogen and oxygen atoms in total. The number of hydrogen-bond donors (Lipinski definition) is 1. The number of para-hydroxylation sites is 2. The monoisotopic (exact) mass is 210 g/mol. The van der Waals surface area contributed by atoms with Crippen LogP contribution in [-0.4, -0.2) is 14.9 Å². The molecule has 0 fully saturated rings. The molecule has 0 amide bonds. The third kappa shape index (κ3) is 1.81. The Morgan fingerprint density at radius 1 is 1.27 bits per heavy atom. The highest BCUT2D eigenvalue weighted by Crippen LogP contribution is 2.23. The summed E-state index contributed by atoms with van der Waals surface area (Å²) < 4.78 is 25.8. The number of nitrogens with zero attached hydrogens (tertiary/aromatic N) is 2. The minimum Gasteiger partial charge on any atom is -0.506 e. The van der Waals surface area contributed by atoms with Crippen LogP contribution in [0.2, 0.25) is 0 Å². The van der Waals surface area contributed by atoms with Crippen molar-refractivity contribution in [2.45, 2.75) is 6.43 Å². The van der Waals surface area contributed by atoms with Crippen LogP contribution in [0.25, 0.3) is 5.69 Å². The van der Waals surface area contributed by atoms with E-state index >= 15 is 0 Å². The fourth-order valence-electron chi connectivity index (χ4n) is 1.24. The first kappa shape index (κ1) is 9.64. The van der Waals surface area contributed by atoms with Crippen molar-refractivity contribution in [1.82, 2.24) is 9.78 Å². The van der Waals surface area contributed by atoms with E-state index in [1.54, 1.807) is 18.2 Å². The Morgan fingerprint density at radius 3 is 2.60 bits per heavy atom. The molecule has 5 heteroatoms. The second-order valence-corrected chi connectivity index (χ2v) is 3.01. The second-order valence-electron chi connectivity index (χ2n) is 3.01. The molecule has 1 aromatic carbocycles. The largest absolute Gasteiger partial charge is 0.506 e. The van der Waals surface area contributed by atoms with Gasteiger partial charge in [-0.25, -0.2) is 13.5 Å². The maximum absolute atomic E-state index is 12.3. The maximum atomic E-state index is 12.3. The number of aromatic nitrogens is 2. The van der Waals surface area contributed by atoms with Crippen molar-refractivity contribution in [3.05, 3.63) is 42.2 Å². The molecule has 0 bridgehead atoms. The fourth-order valence-corrected chi connectivity index (χ4v) is 1.24. The van der Waals surface area contributed by atoms with E-state index in [0.29, 0.717) is 5.69 Å². The van der Waals surface area contributed by atoms with E-state index in [1.165, 1.54) is 16.9 Å². The van der Waals surface area contributed by atoms with Gasteiger partial charge in [-0.1, -0.05) is 12.1 Å². The second kappa shape index (κ2) is 3.68. The molecular weight excluding hydrogens is 202 g/mol. The molecule has 2 rings (SSSR count). The summed E-state index contributed by atoms with van der Waals surface area (Å²) in [6.07, 6.45) is -0.277. The van der Waals surface area contributed by atoms with Crippen LogP contribution in [0.4, 0.5) is 8.78 Å². The van der Waals surface area contributed by atoms with Crippen molar-refractivity contribution in [3.63, 3.8) is 0 Å². The van der Waals surface area contributed by atoms with Crippen LogP contribution in [0.5, 0.6) is 5.75 Å². The molecule has 1 heterocycles. The highest BCUT2D eigenvalue weighted by molar-refractivity contribution is 5.44. The lowest BCUT2D eigenvalue weighted by Crippen LogP contribution is -1.93. The van der Waals surface area contributed by atoms with Gasteiger partial charge in [0.2, 0.25) is 0 Å². The minimum atomic E-state index is -2.55. The van der Waals surface area contributed by atoms with Gasteiger partial charge in [0.15, 0.2) is 0 Å². The van der Waals surface area contributed by atoms with Crippen LogP contribution in [0.3, 0.4) is 0 Å². The number of phenols is 1. The average molecular weight is 210 g/mol. The molecule has 0 aliphatic rings. The van der Waals surface area contributed by atoms with Crippen molar-refractivity contribution >= 4 is 0 Å². The van der Waals surface area contributed by atoms with Gasteiger partial charge in [0.1, 0.15) is 11.4 Å². The molecular formula is C10H8F2N2O. The van der Waals surface area contributed by atoms with Crippen molar-refractivity contribution in [2.75, 3.05) is 0 Å². The van der Waals surface area contributed by atoms with E-state index in [9.17, 15) is 13.9 Å². The molecule has 15 heavy (non-hydrogen) atoms. The highest BCUT2D eigenvalue weighted by Gasteiger charge is 2.11. The van der Waals surface area contributed by atoms with Crippen LogP contribution in [-0.2, 0) is 0 Å². The molecule has 0 aliphatic heterocycles. The van der Waals surface area contributed by atoms with Crippen LogP contribution in [0.1, 0.15) is 12.0 Å². The third-order valence-corrected chi connectivity index (χ3v) is 1.98. The molecule has 1 N–H and O–H groups in total. The Labute approximate surface area is 84.6 Å². The Morgan fingerprint density at radius 2 is 2.00 bits per heavy atom. The lowest BCUT2D eigenvalue weighted by molar-refractivity contribution is 0.151. The molecule has 0 radical (unpaired) electrons. The van der Waals surface area contributed by atoms with Crippen molar-refractivity contribution in [2.24, 2.45) is 0 Å². The van der Waals surface area contributed by atoms with E-state index in [-0.39, 0.29) is 11.3 Å². The summed E-state index contributed by atoms with van der Waals surface area (Å²) in [7, 11) is 0. The molecule has 0 aliphatic carbocycles. The SMILES string of the molecule is Oc1ccccc1-n1cc(C(F)F)cn1. The van der Waals surface area contributed by atoms with Gasteiger partial charge in [-0.05, 0) is 12.1 Å². The number of aromatic hydroxyl groups is 1. The van der Waals surface area contributed by atoms with Gasteiger partial charge in [-0.15, -0.1) is 0 Å². The van der Waals surface area contributed by atoms with Gasteiger partial charge in [0.25, 0.3) is 6.43 Å². The zero-order valence-electron chi connectivity index (χ0n) is 7.64. The standard InChI is InChI=1S/C10H8F2N2O/c11-10(12)7-5-13-14(6-7)8-3-1-2-4-9(8)15/h1-6,10,15H. The number of phenolic OH excluding ortho intramolecular Hbond substituents is 1. The zero-order valence-corrected chi connectivity index (χ0v) is 7.64. The summed E-state index contributed by atoms with van der Waals surface area (Å²) in [5.74, 6) is 0.00131. The smallest absolute Gasteiger partial charge is 0.266 e. The first-order valence-corrected chi connectivity index (χ1v) is 4.29. The van der Waals surface area contributed by atoms with E-state index < -0.39 is 6.43 Å². The molecule has 0 unspecified atom stereocenters. The van der Waals surface area contributed by atoms with Gasteiger partial charge in [0.05, 0.1) is 11.8 Å². The van der Waals surface area contributed by atoms with E-state index in [0.717, 1.165) is 6.20 Å². The van der Waals surface area contributed by atoms with E-state index in [4.69, 9.17) is 0 Å². The summed E-state index contributed by atoms with van der Waals surface area (Å²) in [5.41, 5.74) is 0.211. The van der Waals surface area contributed by atoms with Crippen molar-refractivity contribution in [3.8, 4) is 11.4 Å². The molecule has 2 aromatic rings. The van der Waals surface area contributed by atoms with Gasteiger partial charge in [0, 0.05) is 6.20 Å². The van der Waals surface area contributed by atoms with Crippen LogP contribution >= 0.6 is 0 Å². The van der Waals surface area contributed by atoms with E-state index in [2.05, 4.69) is 5.10 Å². The summed E-state index contributed by atoms with van der Waals surface area (Å²) in [6, 6.07) is 6.41. The lowest BCUT2D eigenvalue weighted by Gasteiger charge is -2.02. The van der Waals surface area contributed by atoms with Gasteiger partial charge in [-0.3, -0.25) is 0 Å². The highest BCUT2D eigenvalue weighted by atomic mass is 19.3. The number of alkyl halides is 2. The molecule has 1 aromatic heterocycles. The third-order valence-electron chi connectivity index (χ3n) is 1.98. The van der Waals surface area contributed by atoms with E-state index in [1.807, 2.05) is 0 Å². The number of hydrogen-bond acceptors (Lipinski definition) is 2. The molecule has 78 valence electrons. The van der Waals surface area contributed by atoms with Crippen LogP contribution < -0.4 is 0 Å².